The Morgan fingerprint density at radius 1 is 1.60 bits per heavy atom. The summed E-state index contributed by atoms with van der Waals surface area (Å²) in [6.45, 7) is 6.41. The maximum Gasteiger partial charge on any atom is 0.309 e. The minimum atomic E-state index is -0.868. The first-order valence-electron chi connectivity index (χ1n) is 5.44. The van der Waals surface area contributed by atoms with Crippen LogP contribution in [0.3, 0.4) is 0 Å². The summed E-state index contributed by atoms with van der Waals surface area (Å²) in [6, 6.07) is 0. The zero-order valence-electron chi connectivity index (χ0n) is 9.62. The lowest BCUT2D eigenvalue weighted by Crippen LogP contribution is -2.46. The highest BCUT2D eigenvalue weighted by Crippen LogP contribution is 2.35. The predicted molar refractivity (Wildman–Crippen MR) is 56.4 cm³/mol. The molecule has 4 heteroatoms. The van der Waals surface area contributed by atoms with Gasteiger partial charge in [0.15, 0.2) is 0 Å². The van der Waals surface area contributed by atoms with Crippen LogP contribution in [-0.4, -0.2) is 34.0 Å². The van der Waals surface area contributed by atoms with Crippen LogP contribution in [-0.2, 0) is 9.59 Å². The molecule has 1 N–H and O–H groups in total. The lowest BCUT2D eigenvalue weighted by molar-refractivity contribution is -0.144. The number of aliphatic carboxylic acids is 1. The number of rotatable bonds is 4. The van der Waals surface area contributed by atoms with E-state index in [4.69, 9.17) is 5.11 Å². The molecule has 1 heterocycles. The van der Waals surface area contributed by atoms with Crippen molar-refractivity contribution in [2.24, 2.45) is 5.92 Å². The summed E-state index contributed by atoms with van der Waals surface area (Å²) in [6.07, 6.45) is 2.09. The Morgan fingerprint density at radius 3 is 2.60 bits per heavy atom. The summed E-state index contributed by atoms with van der Waals surface area (Å²) in [7, 11) is 0. The van der Waals surface area contributed by atoms with Crippen molar-refractivity contribution in [3.8, 4) is 0 Å². The maximum atomic E-state index is 11.7. The highest BCUT2D eigenvalue weighted by molar-refractivity contribution is 5.88. The highest BCUT2D eigenvalue weighted by atomic mass is 16.4. The van der Waals surface area contributed by atoms with Crippen LogP contribution in [0.1, 0.15) is 40.0 Å². The second-order valence-corrected chi connectivity index (χ2v) is 4.65. The number of hydrogen-bond donors (Lipinski definition) is 1. The van der Waals surface area contributed by atoms with Crippen LogP contribution in [0, 0.1) is 5.92 Å². The van der Waals surface area contributed by atoms with Crippen LogP contribution in [0.5, 0.6) is 0 Å². The van der Waals surface area contributed by atoms with E-state index >= 15 is 0 Å². The second kappa shape index (κ2) is 4.21. The van der Waals surface area contributed by atoms with Gasteiger partial charge in [0.1, 0.15) is 0 Å². The molecule has 15 heavy (non-hydrogen) atoms. The molecule has 0 bridgehead atoms. The van der Waals surface area contributed by atoms with Gasteiger partial charge in [-0.2, -0.15) is 0 Å². The van der Waals surface area contributed by atoms with E-state index in [2.05, 4.69) is 6.92 Å². The molecule has 4 nitrogen and oxygen atoms in total. The minimum absolute atomic E-state index is 0.0270. The molecule has 1 fully saturated rings. The minimum Gasteiger partial charge on any atom is -0.481 e. The first-order chi connectivity index (χ1) is 6.91. The van der Waals surface area contributed by atoms with E-state index in [1.54, 1.807) is 4.90 Å². The van der Waals surface area contributed by atoms with E-state index in [0.29, 0.717) is 6.54 Å². The largest absolute Gasteiger partial charge is 0.481 e. The Hall–Kier alpha value is -1.06. The van der Waals surface area contributed by atoms with Crippen molar-refractivity contribution >= 4 is 11.9 Å². The van der Waals surface area contributed by atoms with Gasteiger partial charge in [-0.05, 0) is 20.3 Å². The molecular formula is C11H19NO3. The molecule has 0 aromatic rings. The van der Waals surface area contributed by atoms with Crippen molar-refractivity contribution < 1.29 is 14.7 Å². The zero-order chi connectivity index (χ0) is 11.6. The first kappa shape index (κ1) is 12.0. The quantitative estimate of drug-likeness (QED) is 0.769. The number of carboxylic acids is 1. The van der Waals surface area contributed by atoms with Gasteiger partial charge in [0.25, 0.3) is 0 Å². The van der Waals surface area contributed by atoms with Crippen molar-refractivity contribution in [1.82, 2.24) is 4.90 Å². The average Bonchev–Trinajstić information content (AvgIpc) is 2.35. The van der Waals surface area contributed by atoms with E-state index in [1.807, 2.05) is 13.8 Å². The van der Waals surface area contributed by atoms with Crippen LogP contribution in [0.15, 0.2) is 0 Å². The van der Waals surface area contributed by atoms with E-state index in [1.165, 1.54) is 0 Å². The van der Waals surface area contributed by atoms with Crippen LogP contribution in [0.4, 0.5) is 0 Å². The monoisotopic (exact) mass is 213 g/mol. The van der Waals surface area contributed by atoms with Crippen molar-refractivity contribution in [2.75, 3.05) is 6.54 Å². The number of nitrogens with zero attached hydrogens (tertiary/aromatic N) is 1. The number of amides is 1. The third kappa shape index (κ3) is 2.13. The molecule has 0 saturated carbocycles. The molecule has 0 aromatic carbocycles. The van der Waals surface area contributed by atoms with Crippen LogP contribution in [0.2, 0.25) is 0 Å². The number of carboxylic acid groups (broad SMARTS) is 1. The molecule has 1 rings (SSSR count). The smallest absolute Gasteiger partial charge is 0.309 e. The SMILES string of the molecule is CCCCN1C(=O)CC(C(=O)O)C1(C)C. The third-order valence-corrected chi connectivity index (χ3v) is 3.26. The van der Waals surface area contributed by atoms with Gasteiger partial charge in [-0.1, -0.05) is 13.3 Å². The number of likely N-dealkylation sites (tertiary alicyclic amines) is 1. The first-order valence-corrected chi connectivity index (χ1v) is 5.44. The molecule has 1 amide bonds. The molecule has 0 spiro atoms. The molecule has 1 aliphatic heterocycles. The van der Waals surface area contributed by atoms with Crippen molar-refractivity contribution in [3.63, 3.8) is 0 Å². The van der Waals surface area contributed by atoms with Gasteiger partial charge < -0.3 is 10.0 Å². The Kier molecular flexibility index (Phi) is 3.37. The molecule has 86 valence electrons. The van der Waals surface area contributed by atoms with Gasteiger partial charge in [-0.3, -0.25) is 9.59 Å². The van der Waals surface area contributed by atoms with Crippen LogP contribution in [0.25, 0.3) is 0 Å². The Balaban J connectivity index is 2.80. The van der Waals surface area contributed by atoms with E-state index in [0.717, 1.165) is 12.8 Å². The number of hydrogen-bond acceptors (Lipinski definition) is 2. The summed E-state index contributed by atoms with van der Waals surface area (Å²) < 4.78 is 0. The molecule has 0 aromatic heterocycles. The van der Waals surface area contributed by atoms with Gasteiger partial charge in [-0.15, -0.1) is 0 Å². The van der Waals surface area contributed by atoms with Crippen molar-refractivity contribution in [3.05, 3.63) is 0 Å². The summed E-state index contributed by atoms with van der Waals surface area (Å²) in [4.78, 5) is 24.4. The third-order valence-electron chi connectivity index (χ3n) is 3.26. The lowest BCUT2D eigenvalue weighted by atomic mass is 9.88. The topological polar surface area (TPSA) is 57.6 Å². The van der Waals surface area contributed by atoms with E-state index < -0.39 is 17.4 Å². The molecule has 1 aliphatic rings. The molecule has 1 saturated heterocycles. The summed E-state index contributed by atoms with van der Waals surface area (Å²) in [5.74, 6) is -1.46. The van der Waals surface area contributed by atoms with Gasteiger partial charge in [0.05, 0.1) is 11.5 Å². The molecule has 1 atom stereocenters. The summed E-state index contributed by atoms with van der Waals surface area (Å²) in [5.41, 5.74) is -0.544. The van der Waals surface area contributed by atoms with E-state index in [-0.39, 0.29) is 12.3 Å². The second-order valence-electron chi connectivity index (χ2n) is 4.65. The Labute approximate surface area is 90.3 Å². The maximum absolute atomic E-state index is 11.7. The fourth-order valence-electron chi connectivity index (χ4n) is 2.16. The zero-order valence-corrected chi connectivity index (χ0v) is 9.62. The molecular weight excluding hydrogens is 194 g/mol. The normalized spacial score (nSPS) is 24.6. The summed E-state index contributed by atoms with van der Waals surface area (Å²) in [5, 5.41) is 9.03. The number of carbonyl (C=O) groups is 2. The van der Waals surface area contributed by atoms with Gasteiger partial charge >= 0.3 is 5.97 Å². The standard InChI is InChI=1S/C11H19NO3/c1-4-5-6-12-9(13)7-8(10(14)15)11(12,2)3/h8H,4-7H2,1-3H3,(H,14,15). The fourth-order valence-corrected chi connectivity index (χ4v) is 2.16. The number of unbranched alkanes of at least 4 members (excludes halogenated alkanes) is 1. The summed E-state index contributed by atoms with van der Waals surface area (Å²) >= 11 is 0. The van der Waals surface area contributed by atoms with Crippen molar-refractivity contribution in [1.29, 1.82) is 0 Å². The Bertz CT molecular complexity index is 273. The fraction of sp³-hybridized carbons (Fsp3) is 0.818. The van der Waals surface area contributed by atoms with Crippen molar-refractivity contribution in [2.45, 2.75) is 45.6 Å². The van der Waals surface area contributed by atoms with Gasteiger partial charge in [-0.25, -0.2) is 0 Å². The number of carbonyl (C=O) groups excluding carboxylic acids is 1. The highest BCUT2D eigenvalue weighted by Gasteiger charge is 2.49. The van der Waals surface area contributed by atoms with Crippen LogP contribution < -0.4 is 0 Å². The van der Waals surface area contributed by atoms with Gasteiger partial charge in [0.2, 0.25) is 5.91 Å². The Morgan fingerprint density at radius 2 is 2.20 bits per heavy atom. The predicted octanol–water partition coefficient (Wildman–Crippen LogP) is 1.50. The van der Waals surface area contributed by atoms with E-state index in [9.17, 15) is 9.59 Å². The van der Waals surface area contributed by atoms with Gasteiger partial charge in [0, 0.05) is 13.0 Å². The molecule has 0 radical (unpaired) electrons. The average molecular weight is 213 g/mol. The lowest BCUT2D eigenvalue weighted by Gasteiger charge is -2.34. The molecule has 1 unspecified atom stereocenters. The van der Waals surface area contributed by atoms with Crippen LogP contribution >= 0.6 is 0 Å². The molecule has 0 aliphatic carbocycles.